The molecular weight excluding hydrogens is 444 g/mol. The Bertz CT molecular complexity index is 1150. The van der Waals surface area contributed by atoms with Crippen LogP contribution in [0.4, 0.5) is 11.4 Å². The first-order valence-electron chi connectivity index (χ1n) is 11.8. The summed E-state index contributed by atoms with van der Waals surface area (Å²) >= 11 is 0. The fraction of sp³-hybridized carbons (Fsp3) is 0.286. The summed E-state index contributed by atoms with van der Waals surface area (Å²) < 4.78 is 16.6. The molecule has 2 amide bonds. The molecule has 1 N–H and O–H groups in total. The maximum absolute atomic E-state index is 12.9. The van der Waals surface area contributed by atoms with E-state index in [2.05, 4.69) is 5.32 Å². The van der Waals surface area contributed by atoms with E-state index in [9.17, 15) is 9.59 Å². The predicted octanol–water partition coefficient (Wildman–Crippen LogP) is 4.85. The first-order valence-corrected chi connectivity index (χ1v) is 11.8. The molecule has 0 radical (unpaired) electrons. The highest BCUT2D eigenvalue weighted by atomic mass is 16.5. The highest BCUT2D eigenvalue weighted by Gasteiger charge is 2.31. The van der Waals surface area contributed by atoms with Crippen molar-refractivity contribution in [2.24, 2.45) is 0 Å². The average Bonchev–Trinajstić information content (AvgIpc) is 2.88. The van der Waals surface area contributed by atoms with Crippen LogP contribution in [0.1, 0.15) is 25.3 Å². The number of nitrogens with zero attached hydrogens (tertiary/aromatic N) is 1. The Kier molecular flexibility index (Phi) is 7.88. The third kappa shape index (κ3) is 6.32. The molecule has 3 aromatic rings. The van der Waals surface area contributed by atoms with E-state index < -0.39 is 6.10 Å². The normalized spacial score (nSPS) is 14.6. The summed E-state index contributed by atoms with van der Waals surface area (Å²) in [6, 6.07) is 22.8. The van der Waals surface area contributed by atoms with E-state index >= 15 is 0 Å². The van der Waals surface area contributed by atoms with Crippen LogP contribution < -0.4 is 24.4 Å². The van der Waals surface area contributed by atoms with Crippen molar-refractivity contribution in [3.05, 3.63) is 78.4 Å². The second-order valence-electron chi connectivity index (χ2n) is 8.34. The molecule has 0 saturated heterocycles. The number of hydrogen-bond donors (Lipinski definition) is 1. The number of methoxy groups -OCH3 is 1. The quantitative estimate of drug-likeness (QED) is 0.425. The van der Waals surface area contributed by atoms with E-state index in [0.29, 0.717) is 43.1 Å². The Labute approximate surface area is 205 Å². The van der Waals surface area contributed by atoms with Crippen LogP contribution in [0.2, 0.25) is 0 Å². The van der Waals surface area contributed by atoms with Crippen molar-refractivity contribution in [2.75, 3.05) is 30.5 Å². The summed E-state index contributed by atoms with van der Waals surface area (Å²) in [4.78, 5) is 27.1. The standard InChI is InChI=1S/C28H30N2O5/c1-20-28(32)30(17-16-21-7-4-3-5-8-21)25-19-22(10-15-26(25)35-20)29-27(31)9-6-18-34-24-13-11-23(33-2)12-14-24/h3-5,7-8,10-15,19-20H,6,9,16-18H2,1-2H3,(H,29,31). The van der Waals surface area contributed by atoms with Crippen LogP contribution in [-0.4, -0.2) is 38.2 Å². The number of amides is 2. The van der Waals surface area contributed by atoms with Crippen LogP contribution in [0.3, 0.4) is 0 Å². The zero-order valence-corrected chi connectivity index (χ0v) is 20.0. The Morgan fingerprint density at radius 2 is 1.77 bits per heavy atom. The van der Waals surface area contributed by atoms with E-state index in [0.717, 1.165) is 23.5 Å². The summed E-state index contributed by atoms with van der Waals surface area (Å²) in [6.45, 7) is 2.71. The van der Waals surface area contributed by atoms with Crippen LogP contribution in [0.25, 0.3) is 0 Å². The number of benzene rings is 3. The highest BCUT2D eigenvalue weighted by molar-refractivity contribution is 6.01. The van der Waals surface area contributed by atoms with Gasteiger partial charge in [-0.2, -0.15) is 0 Å². The minimum atomic E-state index is -0.551. The Morgan fingerprint density at radius 1 is 1.03 bits per heavy atom. The van der Waals surface area contributed by atoms with Gasteiger partial charge in [-0.25, -0.2) is 0 Å². The summed E-state index contributed by atoms with van der Waals surface area (Å²) in [7, 11) is 1.62. The first-order chi connectivity index (χ1) is 17.0. The van der Waals surface area contributed by atoms with Crippen molar-refractivity contribution < 1.29 is 23.8 Å². The molecule has 0 aliphatic carbocycles. The van der Waals surface area contributed by atoms with Gasteiger partial charge in [-0.15, -0.1) is 0 Å². The molecule has 35 heavy (non-hydrogen) atoms. The average molecular weight is 475 g/mol. The highest BCUT2D eigenvalue weighted by Crippen LogP contribution is 2.36. The van der Waals surface area contributed by atoms with Crippen molar-refractivity contribution in [1.82, 2.24) is 0 Å². The van der Waals surface area contributed by atoms with Crippen molar-refractivity contribution in [1.29, 1.82) is 0 Å². The first kappa shape index (κ1) is 24.1. The van der Waals surface area contributed by atoms with E-state index in [1.165, 1.54) is 0 Å². The maximum Gasteiger partial charge on any atom is 0.267 e. The van der Waals surface area contributed by atoms with Gasteiger partial charge in [0.05, 0.1) is 19.4 Å². The predicted molar refractivity (Wildman–Crippen MR) is 135 cm³/mol. The summed E-state index contributed by atoms with van der Waals surface area (Å²) in [6.07, 6.45) is 1.07. The maximum atomic E-state index is 12.9. The minimum absolute atomic E-state index is 0.0902. The second kappa shape index (κ2) is 11.4. The molecule has 7 heteroatoms. The molecule has 0 saturated carbocycles. The number of carbonyl (C=O) groups is 2. The van der Waals surface area contributed by atoms with E-state index in [1.54, 1.807) is 37.1 Å². The number of carbonyl (C=O) groups excluding carboxylic acids is 2. The van der Waals surface area contributed by atoms with Crippen molar-refractivity contribution in [3.63, 3.8) is 0 Å². The monoisotopic (exact) mass is 474 g/mol. The minimum Gasteiger partial charge on any atom is -0.497 e. The van der Waals surface area contributed by atoms with Crippen LogP contribution in [0.5, 0.6) is 17.2 Å². The molecule has 1 unspecified atom stereocenters. The van der Waals surface area contributed by atoms with Crippen molar-refractivity contribution in [3.8, 4) is 17.2 Å². The van der Waals surface area contributed by atoms with Crippen molar-refractivity contribution >= 4 is 23.2 Å². The van der Waals surface area contributed by atoms with Gasteiger partial charge in [0.1, 0.15) is 17.2 Å². The molecule has 0 bridgehead atoms. The number of ether oxygens (including phenoxy) is 3. The largest absolute Gasteiger partial charge is 0.497 e. The van der Waals surface area contributed by atoms with Gasteiger partial charge < -0.3 is 24.4 Å². The van der Waals surface area contributed by atoms with E-state index in [-0.39, 0.29) is 11.8 Å². The van der Waals surface area contributed by atoms with E-state index in [1.807, 2.05) is 54.6 Å². The van der Waals surface area contributed by atoms with Gasteiger partial charge in [-0.05, 0) is 67.8 Å². The summed E-state index contributed by atoms with van der Waals surface area (Å²) in [5, 5.41) is 2.92. The van der Waals surface area contributed by atoms with Gasteiger partial charge >= 0.3 is 0 Å². The number of fused-ring (bicyclic) bond motifs is 1. The Morgan fingerprint density at radius 3 is 2.51 bits per heavy atom. The number of rotatable bonds is 10. The molecule has 182 valence electrons. The molecule has 1 aliphatic heterocycles. The van der Waals surface area contributed by atoms with Gasteiger partial charge in [0.25, 0.3) is 5.91 Å². The van der Waals surface area contributed by atoms with Crippen LogP contribution in [-0.2, 0) is 16.0 Å². The molecule has 7 nitrogen and oxygen atoms in total. The van der Waals surface area contributed by atoms with Gasteiger partial charge in [-0.1, -0.05) is 30.3 Å². The molecule has 4 rings (SSSR count). The van der Waals surface area contributed by atoms with Crippen LogP contribution in [0.15, 0.2) is 72.8 Å². The lowest BCUT2D eigenvalue weighted by Crippen LogP contribution is -2.45. The molecule has 1 heterocycles. The van der Waals surface area contributed by atoms with Gasteiger partial charge in [-0.3, -0.25) is 9.59 Å². The number of hydrogen-bond acceptors (Lipinski definition) is 5. The number of nitrogens with one attached hydrogen (secondary N) is 1. The van der Waals surface area contributed by atoms with Gasteiger partial charge in [0.2, 0.25) is 5.91 Å². The Balaban J connectivity index is 1.33. The number of anilines is 2. The molecule has 0 fully saturated rings. The van der Waals surface area contributed by atoms with Gasteiger partial charge in [0.15, 0.2) is 6.10 Å². The molecule has 3 aromatic carbocycles. The summed E-state index contributed by atoms with van der Waals surface area (Å²) in [5.41, 5.74) is 2.45. The van der Waals surface area contributed by atoms with Crippen molar-refractivity contribution in [2.45, 2.75) is 32.3 Å². The summed E-state index contributed by atoms with van der Waals surface area (Å²) in [5.74, 6) is 1.93. The lowest BCUT2D eigenvalue weighted by Gasteiger charge is -2.33. The van der Waals surface area contributed by atoms with Crippen LogP contribution >= 0.6 is 0 Å². The smallest absolute Gasteiger partial charge is 0.267 e. The fourth-order valence-corrected chi connectivity index (χ4v) is 3.92. The van der Waals surface area contributed by atoms with Gasteiger partial charge in [0, 0.05) is 18.7 Å². The third-order valence-electron chi connectivity index (χ3n) is 5.79. The topological polar surface area (TPSA) is 77.1 Å². The SMILES string of the molecule is COc1ccc(OCCCC(=O)Nc2ccc3c(c2)N(CCc2ccccc2)C(=O)C(C)O3)cc1. The van der Waals surface area contributed by atoms with Crippen LogP contribution in [0, 0.1) is 0 Å². The molecule has 0 aromatic heterocycles. The van der Waals surface area contributed by atoms with E-state index in [4.69, 9.17) is 14.2 Å². The molecule has 0 spiro atoms. The fourth-order valence-electron chi connectivity index (χ4n) is 3.92. The lowest BCUT2D eigenvalue weighted by atomic mass is 10.1. The molecule has 1 aliphatic rings. The lowest BCUT2D eigenvalue weighted by molar-refractivity contribution is -0.125. The molecule has 1 atom stereocenters. The zero-order valence-electron chi connectivity index (χ0n) is 20.0. The Hall–Kier alpha value is -4.00. The third-order valence-corrected chi connectivity index (χ3v) is 5.79. The zero-order chi connectivity index (χ0) is 24.6. The second-order valence-corrected chi connectivity index (χ2v) is 8.34. The molecular formula is C28H30N2O5.